The zero-order valence-electron chi connectivity index (χ0n) is 14.6. The van der Waals surface area contributed by atoms with E-state index in [1.54, 1.807) is 30.6 Å². The second kappa shape index (κ2) is 8.87. The Balaban J connectivity index is 1.59. The molecular weight excluding hydrogens is 354 g/mol. The molecule has 6 nitrogen and oxygen atoms in total. The van der Waals surface area contributed by atoms with Gasteiger partial charge in [-0.1, -0.05) is 11.6 Å². The zero-order chi connectivity index (χ0) is 18.4. The number of pyridine rings is 1. The molecule has 1 atom stereocenters. The van der Waals surface area contributed by atoms with Gasteiger partial charge in [-0.2, -0.15) is 0 Å². The van der Waals surface area contributed by atoms with Gasteiger partial charge in [0.2, 0.25) is 0 Å². The first-order valence-corrected chi connectivity index (χ1v) is 8.94. The van der Waals surface area contributed by atoms with E-state index in [9.17, 15) is 4.79 Å². The summed E-state index contributed by atoms with van der Waals surface area (Å²) in [5, 5.41) is 6.18. The number of ether oxygens (including phenoxy) is 2. The standard InChI is InChI=1S/C19H22ClN3O3/c1-13-9-21-6-4-15(13)10-22-19(24)23-17-8-16(20)2-3-18(17)26-12-14-5-7-25-11-14/h2-4,6,8-9,14H,5,7,10-12H2,1H3,(H2,22,23,24). The molecular formula is C19H22ClN3O3. The summed E-state index contributed by atoms with van der Waals surface area (Å²) >= 11 is 6.07. The number of amides is 2. The predicted octanol–water partition coefficient (Wildman–Crippen LogP) is 3.78. The summed E-state index contributed by atoms with van der Waals surface area (Å²) in [6.07, 6.45) is 4.46. The quantitative estimate of drug-likeness (QED) is 0.805. The fourth-order valence-corrected chi connectivity index (χ4v) is 2.86. The SMILES string of the molecule is Cc1cnccc1CNC(=O)Nc1cc(Cl)ccc1OCC1CCOC1. The minimum absolute atomic E-state index is 0.322. The van der Waals surface area contributed by atoms with Gasteiger partial charge < -0.3 is 20.1 Å². The van der Waals surface area contributed by atoms with Crippen molar-refractivity contribution in [1.29, 1.82) is 0 Å². The number of halogens is 1. The number of carbonyl (C=O) groups is 1. The van der Waals surface area contributed by atoms with Gasteiger partial charge in [-0.15, -0.1) is 0 Å². The van der Waals surface area contributed by atoms with Crippen molar-refractivity contribution in [1.82, 2.24) is 10.3 Å². The smallest absolute Gasteiger partial charge is 0.319 e. The normalized spacial score (nSPS) is 16.3. The molecule has 138 valence electrons. The predicted molar refractivity (Wildman–Crippen MR) is 101 cm³/mol. The third kappa shape index (κ3) is 5.09. The fourth-order valence-electron chi connectivity index (χ4n) is 2.69. The molecule has 1 aliphatic rings. The largest absolute Gasteiger partial charge is 0.491 e. The summed E-state index contributed by atoms with van der Waals surface area (Å²) in [7, 11) is 0. The number of nitrogens with zero attached hydrogens (tertiary/aromatic N) is 1. The summed E-state index contributed by atoms with van der Waals surface area (Å²) in [6.45, 7) is 4.40. The van der Waals surface area contributed by atoms with E-state index in [-0.39, 0.29) is 6.03 Å². The lowest BCUT2D eigenvalue weighted by molar-refractivity contribution is 0.167. The number of benzene rings is 1. The molecule has 1 unspecified atom stereocenters. The Labute approximate surface area is 157 Å². The number of nitrogens with one attached hydrogen (secondary N) is 2. The first kappa shape index (κ1) is 18.5. The number of aryl methyl sites for hydroxylation is 1. The van der Waals surface area contributed by atoms with Gasteiger partial charge in [0, 0.05) is 36.5 Å². The van der Waals surface area contributed by atoms with Crippen LogP contribution in [-0.2, 0) is 11.3 Å². The van der Waals surface area contributed by atoms with Gasteiger partial charge in [-0.3, -0.25) is 4.98 Å². The Bertz CT molecular complexity index is 763. The van der Waals surface area contributed by atoms with Crippen molar-refractivity contribution in [3.05, 3.63) is 52.8 Å². The van der Waals surface area contributed by atoms with Crippen molar-refractivity contribution in [2.24, 2.45) is 5.92 Å². The number of anilines is 1. The van der Waals surface area contributed by atoms with E-state index in [0.29, 0.717) is 42.1 Å². The molecule has 2 N–H and O–H groups in total. The van der Waals surface area contributed by atoms with Crippen LogP contribution in [0.2, 0.25) is 5.02 Å². The maximum absolute atomic E-state index is 12.3. The molecule has 2 aromatic rings. The molecule has 0 radical (unpaired) electrons. The number of aromatic nitrogens is 1. The minimum atomic E-state index is -0.322. The van der Waals surface area contributed by atoms with Crippen LogP contribution < -0.4 is 15.4 Å². The van der Waals surface area contributed by atoms with Crippen LogP contribution in [0.5, 0.6) is 5.75 Å². The molecule has 0 spiro atoms. The second-order valence-electron chi connectivity index (χ2n) is 6.29. The topological polar surface area (TPSA) is 72.5 Å². The Kier molecular flexibility index (Phi) is 6.30. The van der Waals surface area contributed by atoms with Crippen LogP contribution in [0.25, 0.3) is 0 Å². The van der Waals surface area contributed by atoms with E-state index < -0.39 is 0 Å². The molecule has 3 rings (SSSR count). The average molecular weight is 376 g/mol. The first-order valence-electron chi connectivity index (χ1n) is 8.56. The lowest BCUT2D eigenvalue weighted by Crippen LogP contribution is -2.28. The highest BCUT2D eigenvalue weighted by Gasteiger charge is 2.17. The van der Waals surface area contributed by atoms with E-state index in [4.69, 9.17) is 21.1 Å². The van der Waals surface area contributed by atoms with Crippen LogP contribution in [0.4, 0.5) is 10.5 Å². The third-order valence-electron chi connectivity index (χ3n) is 4.26. The first-order chi connectivity index (χ1) is 12.6. The molecule has 0 bridgehead atoms. The molecule has 0 aliphatic carbocycles. The van der Waals surface area contributed by atoms with Gasteiger partial charge in [0.1, 0.15) is 5.75 Å². The highest BCUT2D eigenvalue weighted by Crippen LogP contribution is 2.29. The van der Waals surface area contributed by atoms with Crippen molar-refractivity contribution in [3.8, 4) is 5.75 Å². The van der Waals surface area contributed by atoms with Crippen LogP contribution in [0.1, 0.15) is 17.5 Å². The number of rotatable bonds is 6. The lowest BCUT2D eigenvalue weighted by atomic mass is 10.1. The lowest BCUT2D eigenvalue weighted by Gasteiger charge is -2.15. The monoisotopic (exact) mass is 375 g/mol. The molecule has 1 aromatic heterocycles. The van der Waals surface area contributed by atoms with Crippen molar-refractivity contribution in [2.75, 3.05) is 25.1 Å². The summed E-state index contributed by atoms with van der Waals surface area (Å²) in [5.41, 5.74) is 2.58. The average Bonchev–Trinajstić information content (AvgIpc) is 3.14. The van der Waals surface area contributed by atoms with E-state index >= 15 is 0 Å². The van der Waals surface area contributed by atoms with Crippen LogP contribution in [0, 0.1) is 12.8 Å². The second-order valence-corrected chi connectivity index (χ2v) is 6.73. The minimum Gasteiger partial charge on any atom is -0.491 e. The van der Waals surface area contributed by atoms with Gasteiger partial charge in [0.05, 0.1) is 18.9 Å². The number of hydrogen-bond donors (Lipinski definition) is 2. The summed E-state index contributed by atoms with van der Waals surface area (Å²) < 4.78 is 11.2. The molecule has 1 aromatic carbocycles. The van der Waals surface area contributed by atoms with Gasteiger partial charge in [-0.05, 0) is 48.7 Å². The molecule has 1 aliphatic heterocycles. The van der Waals surface area contributed by atoms with Gasteiger partial charge >= 0.3 is 6.03 Å². The Morgan fingerprint density at radius 3 is 3.08 bits per heavy atom. The molecule has 1 saturated heterocycles. The van der Waals surface area contributed by atoms with E-state index in [0.717, 1.165) is 24.2 Å². The van der Waals surface area contributed by atoms with E-state index in [2.05, 4.69) is 15.6 Å². The van der Waals surface area contributed by atoms with Crippen molar-refractivity contribution in [3.63, 3.8) is 0 Å². The summed E-state index contributed by atoms with van der Waals surface area (Å²) in [6, 6.07) is 6.75. The molecule has 0 saturated carbocycles. The van der Waals surface area contributed by atoms with Crippen LogP contribution in [0.3, 0.4) is 0 Å². The molecule has 1 fully saturated rings. The molecule has 7 heteroatoms. The van der Waals surface area contributed by atoms with Crippen molar-refractivity contribution >= 4 is 23.3 Å². The highest BCUT2D eigenvalue weighted by atomic mass is 35.5. The Morgan fingerprint density at radius 2 is 2.31 bits per heavy atom. The molecule has 2 heterocycles. The molecule has 2 amide bonds. The molecule has 26 heavy (non-hydrogen) atoms. The van der Waals surface area contributed by atoms with Gasteiger partial charge in [0.25, 0.3) is 0 Å². The van der Waals surface area contributed by atoms with Gasteiger partial charge in [-0.25, -0.2) is 4.79 Å². The number of hydrogen-bond acceptors (Lipinski definition) is 4. The zero-order valence-corrected chi connectivity index (χ0v) is 15.4. The summed E-state index contributed by atoms with van der Waals surface area (Å²) in [5.74, 6) is 0.971. The maximum Gasteiger partial charge on any atom is 0.319 e. The Hall–Kier alpha value is -2.31. The van der Waals surface area contributed by atoms with E-state index in [1.807, 2.05) is 13.0 Å². The highest BCUT2D eigenvalue weighted by molar-refractivity contribution is 6.31. The number of urea groups is 1. The van der Waals surface area contributed by atoms with E-state index in [1.165, 1.54) is 0 Å². The van der Waals surface area contributed by atoms with Gasteiger partial charge in [0.15, 0.2) is 0 Å². The third-order valence-corrected chi connectivity index (χ3v) is 4.50. The fraction of sp³-hybridized carbons (Fsp3) is 0.368. The van der Waals surface area contributed by atoms with Crippen LogP contribution in [-0.4, -0.2) is 30.8 Å². The van der Waals surface area contributed by atoms with Crippen LogP contribution >= 0.6 is 11.6 Å². The number of carbonyl (C=O) groups excluding carboxylic acids is 1. The maximum atomic E-state index is 12.3. The Morgan fingerprint density at radius 1 is 1.42 bits per heavy atom. The van der Waals surface area contributed by atoms with Crippen LogP contribution in [0.15, 0.2) is 36.7 Å². The summed E-state index contributed by atoms with van der Waals surface area (Å²) in [4.78, 5) is 16.3. The van der Waals surface area contributed by atoms with Crippen molar-refractivity contribution in [2.45, 2.75) is 19.9 Å². The van der Waals surface area contributed by atoms with Crippen molar-refractivity contribution < 1.29 is 14.3 Å².